The highest BCUT2D eigenvalue weighted by Gasteiger charge is 2.13. The van der Waals surface area contributed by atoms with Gasteiger partial charge in [-0.25, -0.2) is 4.98 Å². The number of benzene rings is 1. The number of rotatable bonds is 6. The van der Waals surface area contributed by atoms with E-state index < -0.39 is 0 Å². The largest absolute Gasteiger partial charge is 0.371 e. The first-order chi connectivity index (χ1) is 12.6. The number of nitrogens with zero attached hydrogens (tertiary/aromatic N) is 3. The van der Waals surface area contributed by atoms with E-state index in [2.05, 4.69) is 30.8 Å². The van der Waals surface area contributed by atoms with Crippen LogP contribution >= 0.6 is 0 Å². The molecule has 2 heterocycles. The lowest BCUT2D eigenvalue weighted by Crippen LogP contribution is -2.34. The summed E-state index contributed by atoms with van der Waals surface area (Å²) in [5, 5.41) is 13.1. The van der Waals surface area contributed by atoms with Crippen LogP contribution in [0.2, 0.25) is 0 Å². The summed E-state index contributed by atoms with van der Waals surface area (Å²) in [4.78, 5) is 21.0. The molecule has 1 amide bonds. The van der Waals surface area contributed by atoms with Gasteiger partial charge in [-0.15, -0.1) is 0 Å². The molecule has 0 spiro atoms. The Hall–Kier alpha value is -3.22. The van der Waals surface area contributed by atoms with Crippen molar-refractivity contribution in [2.24, 2.45) is 0 Å². The van der Waals surface area contributed by atoms with Gasteiger partial charge in [0, 0.05) is 48.7 Å². The Morgan fingerprint density at radius 3 is 2.58 bits per heavy atom. The molecule has 1 aromatic carbocycles. The monoisotopic (exact) mass is 350 g/mol. The lowest BCUT2D eigenvalue weighted by molar-refractivity contribution is 0.0940. The van der Waals surface area contributed by atoms with E-state index in [-0.39, 0.29) is 11.9 Å². The number of H-pyrrole nitrogens is 1. The Labute approximate surface area is 152 Å². The van der Waals surface area contributed by atoms with Gasteiger partial charge in [0.15, 0.2) is 5.82 Å². The molecule has 0 aliphatic rings. The lowest BCUT2D eigenvalue weighted by atomic mass is 10.1. The average Bonchev–Trinajstić information content (AvgIpc) is 3.06. The Balaban J connectivity index is 1.67. The van der Waals surface area contributed by atoms with Crippen molar-refractivity contribution in [3.8, 4) is 11.3 Å². The van der Waals surface area contributed by atoms with E-state index in [1.54, 1.807) is 31.6 Å². The van der Waals surface area contributed by atoms with E-state index in [1.807, 2.05) is 32.0 Å². The molecule has 7 heteroatoms. The smallest absolute Gasteiger partial charge is 0.251 e. The molecule has 0 fully saturated rings. The summed E-state index contributed by atoms with van der Waals surface area (Å²) >= 11 is 0. The fourth-order valence-corrected chi connectivity index (χ4v) is 2.76. The maximum absolute atomic E-state index is 12.4. The molecule has 7 nitrogen and oxygen atoms in total. The van der Waals surface area contributed by atoms with E-state index in [4.69, 9.17) is 0 Å². The predicted molar refractivity (Wildman–Crippen MR) is 101 cm³/mol. The number of aryl methyl sites for hydroxylation is 1. The lowest BCUT2D eigenvalue weighted by Gasteiger charge is -2.13. The number of anilines is 1. The second kappa shape index (κ2) is 7.77. The van der Waals surface area contributed by atoms with Gasteiger partial charge < -0.3 is 10.6 Å². The van der Waals surface area contributed by atoms with Crippen molar-refractivity contribution in [2.45, 2.75) is 26.3 Å². The molecule has 3 N–H and O–H groups in total. The van der Waals surface area contributed by atoms with Crippen LogP contribution < -0.4 is 10.6 Å². The number of carbonyl (C=O) groups is 1. The number of aromatic nitrogens is 4. The van der Waals surface area contributed by atoms with Gasteiger partial charge in [-0.2, -0.15) is 5.10 Å². The van der Waals surface area contributed by atoms with Crippen molar-refractivity contribution in [2.75, 3.05) is 12.4 Å². The highest BCUT2D eigenvalue weighted by Crippen LogP contribution is 2.23. The molecular formula is C19H22N6O. The summed E-state index contributed by atoms with van der Waals surface area (Å²) in [5.74, 6) is 0.594. The van der Waals surface area contributed by atoms with Gasteiger partial charge >= 0.3 is 0 Å². The summed E-state index contributed by atoms with van der Waals surface area (Å²) in [6.07, 6.45) is 3.97. The van der Waals surface area contributed by atoms with Crippen molar-refractivity contribution < 1.29 is 4.79 Å². The van der Waals surface area contributed by atoms with Gasteiger partial charge in [-0.1, -0.05) is 12.1 Å². The standard InChI is InChI=1S/C19H22N6O/c1-12(10-16-11-13(2)24-25-16)23-19(26)15-6-4-14(5-7-15)17-18(20-3)22-9-8-21-17/h4-9,11-12H,10H2,1-3H3,(H,20,22)(H,23,26)(H,24,25)/t12-/m0/s1. The minimum Gasteiger partial charge on any atom is -0.371 e. The summed E-state index contributed by atoms with van der Waals surface area (Å²) in [6.45, 7) is 3.92. The van der Waals surface area contributed by atoms with Crippen molar-refractivity contribution in [1.82, 2.24) is 25.5 Å². The van der Waals surface area contributed by atoms with Gasteiger partial charge in [-0.05, 0) is 32.0 Å². The topological polar surface area (TPSA) is 95.6 Å². The summed E-state index contributed by atoms with van der Waals surface area (Å²) < 4.78 is 0. The van der Waals surface area contributed by atoms with Crippen LogP contribution in [-0.2, 0) is 6.42 Å². The number of hydrogen-bond acceptors (Lipinski definition) is 5. The number of carbonyl (C=O) groups excluding carboxylic acids is 1. The van der Waals surface area contributed by atoms with Crippen LogP contribution in [0.5, 0.6) is 0 Å². The van der Waals surface area contributed by atoms with E-state index >= 15 is 0 Å². The quantitative estimate of drug-likeness (QED) is 0.635. The van der Waals surface area contributed by atoms with Crippen molar-refractivity contribution in [1.29, 1.82) is 0 Å². The summed E-state index contributed by atoms with van der Waals surface area (Å²) in [7, 11) is 1.80. The highest BCUT2D eigenvalue weighted by molar-refractivity contribution is 5.95. The van der Waals surface area contributed by atoms with Crippen LogP contribution in [0.25, 0.3) is 11.3 Å². The zero-order chi connectivity index (χ0) is 18.5. The first-order valence-electron chi connectivity index (χ1n) is 8.47. The maximum atomic E-state index is 12.4. The van der Waals surface area contributed by atoms with E-state index in [9.17, 15) is 4.79 Å². The van der Waals surface area contributed by atoms with Crippen LogP contribution in [0.4, 0.5) is 5.82 Å². The fourth-order valence-electron chi connectivity index (χ4n) is 2.76. The van der Waals surface area contributed by atoms with Crippen molar-refractivity contribution in [3.05, 3.63) is 59.7 Å². The number of hydrogen-bond donors (Lipinski definition) is 3. The Morgan fingerprint density at radius 1 is 1.19 bits per heavy atom. The normalized spacial score (nSPS) is 11.8. The first-order valence-corrected chi connectivity index (χ1v) is 8.47. The van der Waals surface area contributed by atoms with Gasteiger partial charge in [0.2, 0.25) is 0 Å². The third-order valence-electron chi connectivity index (χ3n) is 4.01. The summed E-state index contributed by atoms with van der Waals surface area (Å²) in [5.41, 5.74) is 4.21. The Kier molecular flexibility index (Phi) is 5.26. The Morgan fingerprint density at radius 2 is 1.92 bits per heavy atom. The molecule has 26 heavy (non-hydrogen) atoms. The van der Waals surface area contributed by atoms with E-state index in [0.29, 0.717) is 17.8 Å². The van der Waals surface area contributed by atoms with Crippen LogP contribution in [-0.4, -0.2) is 39.2 Å². The third kappa shape index (κ3) is 4.05. The van der Waals surface area contributed by atoms with Gasteiger partial charge in [0.05, 0.1) is 5.69 Å². The Bertz CT molecular complexity index is 887. The molecule has 0 aliphatic carbocycles. The molecular weight excluding hydrogens is 328 g/mol. The molecule has 2 aromatic heterocycles. The predicted octanol–water partition coefficient (Wildman–Crippen LogP) is 2.58. The molecule has 0 bridgehead atoms. The second-order valence-electron chi connectivity index (χ2n) is 6.20. The third-order valence-corrected chi connectivity index (χ3v) is 4.01. The molecule has 0 saturated heterocycles. The zero-order valence-electron chi connectivity index (χ0n) is 15.1. The highest BCUT2D eigenvalue weighted by atomic mass is 16.1. The molecule has 0 saturated carbocycles. The van der Waals surface area contributed by atoms with Gasteiger partial charge in [-0.3, -0.25) is 14.9 Å². The summed E-state index contributed by atoms with van der Waals surface area (Å²) in [6, 6.07) is 9.32. The first kappa shape index (κ1) is 17.6. The SMILES string of the molecule is CNc1nccnc1-c1ccc(C(=O)N[C@@H](C)Cc2cc(C)[nH]n2)cc1. The van der Waals surface area contributed by atoms with Gasteiger partial charge in [0.1, 0.15) is 5.69 Å². The van der Waals surface area contributed by atoms with Crippen molar-refractivity contribution >= 4 is 11.7 Å². The van der Waals surface area contributed by atoms with Crippen LogP contribution in [0, 0.1) is 6.92 Å². The number of nitrogens with one attached hydrogen (secondary N) is 3. The van der Waals surface area contributed by atoms with E-state index in [0.717, 1.165) is 22.6 Å². The molecule has 134 valence electrons. The molecule has 3 rings (SSSR count). The average molecular weight is 350 g/mol. The second-order valence-corrected chi connectivity index (χ2v) is 6.20. The molecule has 1 atom stereocenters. The fraction of sp³-hybridized carbons (Fsp3) is 0.263. The number of amides is 1. The number of aromatic amines is 1. The van der Waals surface area contributed by atoms with E-state index in [1.165, 1.54) is 0 Å². The van der Waals surface area contributed by atoms with Crippen LogP contribution in [0.3, 0.4) is 0 Å². The van der Waals surface area contributed by atoms with Crippen LogP contribution in [0.1, 0.15) is 28.7 Å². The maximum Gasteiger partial charge on any atom is 0.251 e. The van der Waals surface area contributed by atoms with Gasteiger partial charge in [0.25, 0.3) is 5.91 Å². The molecule has 3 aromatic rings. The minimum absolute atomic E-state index is 0.0132. The van der Waals surface area contributed by atoms with Crippen LogP contribution in [0.15, 0.2) is 42.7 Å². The molecule has 0 aliphatic heterocycles. The molecule has 0 unspecified atom stereocenters. The molecule has 0 radical (unpaired) electrons. The minimum atomic E-state index is -0.107. The van der Waals surface area contributed by atoms with Crippen molar-refractivity contribution in [3.63, 3.8) is 0 Å². The zero-order valence-corrected chi connectivity index (χ0v) is 15.1.